The van der Waals surface area contributed by atoms with Crippen LogP contribution < -0.4 is 16.2 Å². The molecule has 3 heterocycles. The summed E-state index contributed by atoms with van der Waals surface area (Å²) < 4.78 is 7.94. The van der Waals surface area contributed by atoms with Gasteiger partial charge in [-0.05, 0) is 37.2 Å². The van der Waals surface area contributed by atoms with E-state index in [-0.39, 0.29) is 29.0 Å². The number of nitrogens with one attached hydrogen (secondary N) is 2. The molecule has 0 radical (unpaired) electrons. The summed E-state index contributed by atoms with van der Waals surface area (Å²) in [6.07, 6.45) is 7.66. The van der Waals surface area contributed by atoms with Gasteiger partial charge in [0.25, 0.3) is 11.5 Å². The van der Waals surface area contributed by atoms with Crippen molar-refractivity contribution in [3.63, 3.8) is 0 Å². The highest BCUT2D eigenvalue weighted by molar-refractivity contribution is 5.97. The molecule has 0 spiro atoms. The van der Waals surface area contributed by atoms with E-state index in [0.29, 0.717) is 31.0 Å². The van der Waals surface area contributed by atoms with Crippen LogP contribution in [0.3, 0.4) is 0 Å². The van der Waals surface area contributed by atoms with Gasteiger partial charge in [0.05, 0.1) is 6.20 Å². The second-order valence-corrected chi connectivity index (χ2v) is 9.96. The molecule has 10 nitrogen and oxygen atoms in total. The lowest BCUT2D eigenvalue weighted by molar-refractivity contribution is -0.117. The van der Waals surface area contributed by atoms with Gasteiger partial charge in [-0.3, -0.25) is 19.0 Å². The summed E-state index contributed by atoms with van der Waals surface area (Å²) in [6.45, 7) is 7.52. The van der Waals surface area contributed by atoms with Gasteiger partial charge in [0.2, 0.25) is 11.8 Å². The molecule has 33 heavy (non-hydrogen) atoms. The summed E-state index contributed by atoms with van der Waals surface area (Å²) in [5.41, 5.74) is -0.483. The molecular weight excluding hydrogens is 426 g/mol. The molecule has 1 saturated heterocycles. The van der Waals surface area contributed by atoms with E-state index in [9.17, 15) is 19.5 Å². The van der Waals surface area contributed by atoms with Crippen molar-refractivity contribution in [3.8, 4) is 5.88 Å². The van der Waals surface area contributed by atoms with Crippen molar-refractivity contribution in [1.29, 1.82) is 0 Å². The van der Waals surface area contributed by atoms with Gasteiger partial charge < -0.3 is 20.5 Å². The van der Waals surface area contributed by atoms with Gasteiger partial charge in [0, 0.05) is 43.5 Å². The van der Waals surface area contributed by atoms with Crippen molar-refractivity contribution in [3.05, 3.63) is 33.8 Å². The highest BCUT2D eigenvalue weighted by Gasteiger charge is 2.30. The van der Waals surface area contributed by atoms with Crippen LogP contribution >= 0.6 is 0 Å². The summed E-state index contributed by atoms with van der Waals surface area (Å²) in [5, 5.41) is 20.9. The smallest absolute Gasteiger partial charge is 0.291 e. The summed E-state index contributed by atoms with van der Waals surface area (Å²) in [5.74, 6) is -1.26. The Kier molecular flexibility index (Phi) is 6.29. The summed E-state index contributed by atoms with van der Waals surface area (Å²) in [7, 11) is 0. The van der Waals surface area contributed by atoms with E-state index in [1.54, 1.807) is 6.08 Å². The predicted octanol–water partition coefficient (Wildman–Crippen LogP) is 1.45. The van der Waals surface area contributed by atoms with Crippen LogP contribution in [-0.2, 0) is 16.1 Å². The molecular formula is C23H31N5O5. The van der Waals surface area contributed by atoms with E-state index in [2.05, 4.69) is 15.7 Å². The molecule has 1 saturated carbocycles. The standard InChI is InChI=1S/C23H31N5O5/c1-23(2,3)13-27-20-14(4-7-17(29)25-16-8-10-33-11-9-16)12-24-28(20)22(32)18(21(27)31)19(30)26-15-5-6-15/h4,7,12,15-16,31H,5-6,8-11,13H2,1-3H3,(H,25,29)(H,26,30). The van der Waals surface area contributed by atoms with E-state index in [0.717, 1.165) is 30.2 Å². The minimum atomic E-state index is -0.697. The molecule has 2 aromatic heterocycles. The molecule has 4 rings (SSSR count). The molecule has 0 aromatic carbocycles. The molecule has 2 aromatic rings. The lowest BCUT2D eigenvalue weighted by Crippen LogP contribution is -2.37. The summed E-state index contributed by atoms with van der Waals surface area (Å²) in [4.78, 5) is 38.2. The molecule has 0 atom stereocenters. The molecule has 0 bridgehead atoms. The Morgan fingerprint density at radius 1 is 1.18 bits per heavy atom. The van der Waals surface area contributed by atoms with Gasteiger partial charge in [-0.15, -0.1) is 0 Å². The van der Waals surface area contributed by atoms with Crippen LogP contribution in [0.1, 0.15) is 62.4 Å². The fourth-order valence-electron chi connectivity index (χ4n) is 3.89. The van der Waals surface area contributed by atoms with Gasteiger partial charge in [-0.1, -0.05) is 20.8 Å². The van der Waals surface area contributed by atoms with E-state index < -0.39 is 17.3 Å². The van der Waals surface area contributed by atoms with Crippen molar-refractivity contribution in [2.75, 3.05) is 13.2 Å². The molecule has 2 aliphatic rings. The van der Waals surface area contributed by atoms with E-state index in [1.807, 2.05) is 20.8 Å². The van der Waals surface area contributed by atoms with Crippen molar-refractivity contribution >= 4 is 23.5 Å². The zero-order valence-corrected chi connectivity index (χ0v) is 19.3. The summed E-state index contributed by atoms with van der Waals surface area (Å²) in [6, 6.07) is 0.101. The maximum Gasteiger partial charge on any atom is 0.291 e. The Labute approximate surface area is 191 Å². The van der Waals surface area contributed by atoms with Crippen molar-refractivity contribution < 1.29 is 19.4 Å². The van der Waals surface area contributed by atoms with E-state index in [1.165, 1.54) is 16.8 Å². The van der Waals surface area contributed by atoms with Crippen LogP contribution in [0.15, 0.2) is 17.1 Å². The van der Waals surface area contributed by atoms with Crippen LogP contribution in [0.5, 0.6) is 5.88 Å². The number of hydrogen-bond donors (Lipinski definition) is 3. The number of nitrogens with zero attached hydrogens (tertiary/aromatic N) is 3. The lowest BCUT2D eigenvalue weighted by atomic mass is 9.96. The number of ether oxygens (including phenoxy) is 1. The molecule has 178 valence electrons. The number of rotatable bonds is 6. The highest BCUT2D eigenvalue weighted by atomic mass is 16.5. The molecule has 2 fully saturated rings. The van der Waals surface area contributed by atoms with E-state index >= 15 is 0 Å². The van der Waals surface area contributed by atoms with Crippen molar-refractivity contribution in [2.24, 2.45) is 5.41 Å². The fraction of sp³-hybridized carbons (Fsp3) is 0.565. The third-order valence-corrected chi connectivity index (χ3v) is 5.67. The number of carbonyl (C=O) groups excluding carboxylic acids is 2. The Hall–Kier alpha value is -3.14. The third kappa shape index (κ3) is 5.27. The molecule has 10 heteroatoms. The number of fused-ring (bicyclic) bond motifs is 1. The maximum atomic E-state index is 13.1. The second kappa shape index (κ2) is 9.01. The fourth-order valence-corrected chi connectivity index (χ4v) is 3.89. The average Bonchev–Trinajstić information content (AvgIpc) is 3.45. The van der Waals surface area contributed by atoms with Crippen LogP contribution in [0.2, 0.25) is 0 Å². The van der Waals surface area contributed by atoms with Crippen LogP contribution in [0, 0.1) is 5.41 Å². The number of aromatic hydroxyl groups is 1. The summed E-state index contributed by atoms with van der Waals surface area (Å²) >= 11 is 0. The molecule has 1 aliphatic heterocycles. The Bertz CT molecular complexity index is 1150. The number of carbonyl (C=O) groups is 2. The molecule has 2 amide bonds. The van der Waals surface area contributed by atoms with Crippen LogP contribution in [-0.4, -0.2) is 56.4 Å². The molecule has 3 N–H and O–H groups in total. The Morgan fingerprint density at radius 3 is 2.48 bits per heavy atom. The zero-order valence-electron chi connectivity index (χ0n) is 19.3. The molecule has 0 unspecified atom stereocenters. The predicted molar refractivity (Wildman–Crippen MR) is 122 cm³/mol. The quantitative estimate of drug-likeness (QED) is 0.564. The minimum absolute atomic E-state index is 0.0356. The van der Waals surface area contributed by atoms with Crippen LogP contribution in [0.25, 0.3) is 11.7 Å². The van der Waals surface area contributed by atoms with Crippen LogP contribution in [0.4, 0.5) is 0 Å². The van der Waals surface area contributed by atoms with Gasteiger partial charge in [-0.2, -0.15) is 9.61 Å². The van der Waals surface area contributed by atoms with E-state index in [4.69, 9.17) is 4.74 Å². The average molecular weight is 458 g/mol. The SMILES string of the molecule is CC(C)(C)Cn1c(O)c(C(=O)NC2CC2)c(=O)n2ncc(C=CC(=O)NC3CCOCC3)c12. The second-order valence-electron chi connectivity index (χ2n) is 9.96. The Balaban J connectivity index is 1.71. The van der Waals surface area contributed by atoms with Crippen molar-refractivity contribution in [2.45, 2.75) is 65.1 Å². The highest BCUT2D eigenvalue weighted by Crippen LogP contribution is 2.27. The first-order valence-corrected chi connectivity index (χ1v) is 11.3. The maximum absolute atomic E-state index is 13.1. The zero-order chi connectivity index (χ0) is 23.8. The molecule has 1 aliphatic carbocycles. The van der Waals surface area contributed by atoms with Gasteiger partial charge >= 0.3 is 0 Å². The first-order chi connectivity index (χ1) is 15.6. The van der Waals surface area contributed by atoms with Crippen molar-refractivity contribution in [1.82, 2.24) is 24.8 Å². The lowest BCUT2D eigenvalue weighted by Gasteiger charge is -2.23. The Morgan fingerprint density at radius 2 is 1.85 bits per heavy atom. The minimum Gasteiger partial charge on any atom is -0.494 e. The number of amides is 2. The normalized spacial score (nSPS) is 17.5. The van der Waals surface area contributed by atoms with Gasteiger partial charge in [0.15, 0.2) is 5.56 Å². The first kappa shape index (κ1) is 23.0. The topological polar surface area (TPSA) is 127 Å². The number of aromatic nitrogens is 3. The largest absolute Gasteiger partial charge is 0.494 e. The number of hydrogen-bond acceptors (Lipinski definition) is 6. The third-order valence-electron chi connectivity index (χ3n) is 5.67. The monoisotopic (exact) mass is 457 g/mol. The van der Waals surface area contributed by atoms with Gasteiger partial charge in [-0.25, -0.2) is 0 Å². The first-order valence-electron chi connectivity index (χ1n) is 11.3. The van der Waals surface area contributed by atoms with Gasteiger partial charge in [0.1, 0.15) is 5.65 Å².